The minimum absolute atomic E-state index is 0.0662. The van der Waals surface area contributed by atoms with Crippen molar-refractivity contribution in [2.75, 3.05) is 0 Å². The number of halogens is 2. The molecule has 4 heteroatoms. The van der Waals surface area contributed by atoms with Gasteiger partial charge in [-0.3, -0.25) is 9.78 Å². The van der Waals surface area contributed by atoms with Crippen molar-refractivity contribution in [2.24, 2.45) is 0 Å². The van der Waals surface area contributed by atoms with Crippen LogP contribution in [0.15, 0.2) is 36.5 Å². The number of carbonyl (C=O) groups is 1. The first-order valence-corrected chi connectivity index (χ1v) is 5.57. The second kappa shape index (κ2) is 5.04. The molecule has 2 aromatic rings. The molecular formula is C14H11F2NO. The molecular weight excluding hydrogens is 236 g/mol. The lowest BCUT2D eigenvalue weighted by Crippen LogP contribution is -2.05. The van der Waals surface area contributed by atoms with E-state index in [0.717, 1.165) is 12.1 Å². The number of hydrogen-bond acceptors (Lipinski definition) is 2. The normalized spacial score (nSPS) is 10.4. The smallest absolute Gasteiger partial charge is 0.168 e. The van der Waals surface area contributed by atoms with Gasteiger partial charge in [-0.1, -0.05) is 13.0 Å². The fourth-order valence-electron chi connectivity index (χ4n) is 1.70. The molecule has 0 atom stereocenters. The highest BCUT2D eigenvalue weighted by Gasteiger charge is 2.17. The molecule has 2 nitrogen and oxygen atoms in total. The summed E-state index contributed by atoms with van der Waals surface area (Å²) < 4.78 is 27.5. The Kier molecular flexibility index (Phi) is 3.46. The minimum Gasteiger partial charge on any atom is -0.294 e. The standard InChI is InChI=1S/C14H11F2NO/c1-2-13(18)14-10(15)7-9(8-11(14)16)12-5-3-4-6-17-12/h3-8H,2H2,1H3. The molecule has 1 aromatic carbocycles. The van der Waals surface area contributed by atoms with Gasteiger partial charge < -0.3 is 0 Å². The van der Waals surface area contributed by atoms with Crippen LogP contribution in [0.1, 0.15) is 23.7 Å². The van der Waals surface area contributed by atoms with E-state index in [1.807, 2.05) is 0 Å². The van der Waals surface area contributed by atoms with E-state index in [1.54, 1.807) is 25.1 Å². The van der Waals surface area contributed by atoms with Crippen LogP contribution < -0.4 is 0 Å². The minimum atomic E-state index is -0.845. The van der Waals surface area contributed by atoms with Crippen molar-refractivity contribution in [3.63, 3.8) is 0 Å². The fraction of sp³-hybridized carbons (Fsp3) is 0.143. The van der Waals surface area contributed by atoms with Crippen LogP contribution in [0.25, 0.3) is 11.3 Å². The molecule has 1 aromatic heterocycles. The van der Waals surface area contributed by atoms with Crippen LogP contribution in [-0.2, 0) is 0 Å². The Balaban J connectivity index is 2.53. The number of pyridine rings is 1. The molecule has 0 aliphatic heterocycles. The first kappa shape index (κ1) is 12.4. The summed E-state index contributed by atoms with van der Waals surface area (Å²) in [5.41, 5.74) is 0.307. The van der Waals surface area contributed by atoms with Crippen LogP contribution in [0.2, 0.25) is 0 Å². The zero-order valence-electron chi connectivity index (χ0n) is 9.78. The van der Waals surface area contributed by atoms with Gasteiger partial charge in [0.15, 0.2) is 5.78 Å². The Hall–Kier alpha value is -2.10. The highest BCUT2D eigenvalue weighted by Crippen LogP contribution is 2.23. The Morgan fingerprint density at radius 1 is 1.22 bits per heavy atom. The number of rotatable bonds is 3. The molecule has 0 radical (unpaired) electrons. The highest BCUT2D eigenvalue weighted by atomic mass is 19.1. The SMILES string of the molecule is CCC(=O)c1c(F)cc(-c2ccccn2)cc1F. The van der Waals surface area contributed by atoms with Gasteiger partial charge in [-0.15, -0.1) is 0 Å². The van der Waals surface area contributed by atoms with E-state index in [4.69, 9.17) is 0 Å². The van der Waals surface area contributed by atoms with E-state index in [-0.39, 0.29) is 6.42 Å². The van der Waals surface area contributed by atoms with E-state index in [2.05, 4.69) is 4.98 Å². The van der Waals surface area contributed by atoms with Crippen LogP contribution in [0.3, 0.4) is 0 Å². The number of benzene rings is 1. The van der Waals surface area contributed by atoms with Crippen LogP contribution in [0.5, 0.6) is 0 Å². The van der Waals surface area contributed by atoms with E-state index in [1.165, 1.54) is 6.20 Å². The monoisotopic (exact) mass is 247 g/mol. The summed E-state index contributed by atoms with van der Waals surface area (Å²) in [6, 6.07) is 7.35. The van der Waals surface area contributed by atoms with Gasteiger partial charge in [0.25, 0.3) is 0 Å². The summed E-state index contributed by atoms with van der Waals surface area (Å²) in [6.45, 7) is 1.56. The van der Waals surface area contributed by atoms with Gasteiger partial charge in [0, 0.05) is 18.2 Å². The van der Waals surface area contributed by atoms with Gasteiger partial charge in [0.1, 0.15) is 11.6 Å². The number of hydrogen-bond donors (Lipinski definition) is 0. The molecule has 0 saturated heterocycles. The van der Waals surface area contributed by atoms with Crippen molar-refractivity contribution >= 4 is 5.78 Å². The lowest BCUT2D eigenvalue weighted by molar-refractivity contribution is 0.0980. The van der Waals surface area contributed by atoms with Gasteiger partial charge >= 0.3 is 0 Å². The lowest BCUT2D eigenvalue weighted by atomic mass is 10.0. The van der Waals surface area contributed by atoms with E-state index in [9.17, 15) is 13.6 Å². The van der Waals surface area contributed by atoms with E-state index in [0.29, 0.717) is 11.3 Å². The zero-order chi connectivity index (χ0) is 13.1. The molecule has 1 heterocycles. The molecule has 0 aliphatic carbocycles. The predicted molar refractivity (Wildman–Crippen MR) is 64.2 cm³/mol. The predicted octanol–water partition coefficient (Wildman–Crippen LogP) is 3.62. The summed E-state index contributed by atoms with van der Waals surface area (Å²) in [7, 11) is 0. The molecule has 0 unspecified atom stereocenters. The third-order valence-electron chi connectivity index (χ3n) is 2.60. The highest BCUT2D eigenvalue weighted by molar-refractivity contribution is 5.96. The third-order valence-corrected chi connectivity index (χ3v) is 2.60. The maximum atomic E-state index is 13.7. The van der Waals surface area contributed by atoms with Crippen molar-refractivity contribution in [3.8, 4) is 11.3 Å². The number of nitrogens with zero attached hydrogens (tertiary/aromatic N) is 1. The van der Waals surface area contributed by atoms with Crippen molar-refractivity contribution in [1.82, 2.24) is 4.98 Å². The van der Waals surface area contributed by atoms with Gasteiger partial charge in [-0.2, -0.15) is 0 Å². The topological polar surface area (TPSA) is 30.0 Å². The Morgan fingerprint density at radius 3 is 2.39 bits per heavy atom. The summed E-state index contributed by atoms with van der Waals surface area (Å²) in [5, 5.41) is 0. The molecule has 0 aliphatic rings. The molecule has 0 saturated carbocycles. The summed E-state index contributed by atoms with van der Waals surface area (Å²) in [4.78, 5) is 15.4. The third kappa shape index (κ3) is 2.27. The molecule has 0 bridgehead atoms. The van der Waals surface area contributed by atoms with Crippen molar-refractivity contribution in [3.05, 3.63) is 53.7 Å². The van der Waals surface area contributed by atoms with E-state index >= 15 is 0 Å². The summed E-state index contributed by atoms with van der Waals surface area (Å²) in [5.74, 6) is -2.23. The van der Waals surface area contributed by atoms with Crippen molar-refractivity contribution in [2.45, 2.75) is 13.3 Å². The van der Waals surface area contributed by atoms with Crippen LogP contribution >= 0.6 is 0 Å². The summed E-state index contributed by atoms with van der Waals surface area (Å²) >= 11 is 0. The average Bonchev–Trinajstić information content (AvgIpc) is 2.38. The number of carbonyl (C=O) groups excluding carboxylic acids is 1. The Morgan fingerprint density at radius 2 is 1.89 bits per heavy atom. The van der Waals surface area contributed by atoms with Gasteiger partial charge in [0.05, 0.1) is 11.3 Å². The second-order valence-electron chi connectivity index (χ2n) is 3.81. The maximum Gasteiger partial charge on any atom is 0.168 e. The molecule has 2 rings (SSSR count). The first-order chi connectivity index (χ1) is 8.63. The summed E-state index contributed by atoms with van der Waals surface area (Å²) in [6.07, 6.45) is 1.60. The molecule has 92 valence electrons. The molecule has 0 N–H and O–H groups in total. The van der Waals surface area contributed by atoms with Gasteiger partial charge in [-0.25, -0.2) is 8.78 Å². The van der Waals surface area contributed by atoms with E-state index < -0.39 is 23.0 Å². The Labute approximate surface area is 103 Å². The second-order valence-corrected chi connectivity index (χ2v) is 3.81. The number of Topliss-reactive ketones (excluding diaryl/α,β-unsaturated/α-hetero) is 1. The van der Waals surface area contributed by atoms with Crippen molar-refractivity contribution in [1.29, 1.82) is 0 Å². The molecule has 0 amide bonds. The van der Waals surface area contributed by atoms with Crippen LogP contribution in [0.4, 0.5) is 8.78 Å². The fourth-order valence-corrected chi connectivity index (χ4v) is 1.70. The van der Waals surface area contributed by atoms with Crippen LogP contribution in [0, 0.1) is 11.6 Å². The lowest BCUT2D eigenvalue weighted by Gasteiger charge is -2.06. The first-order valence-electron chi connectivity index (χ1n) is 5.57. The van der Waals surface area contributed by atoms with Gasteiger partial charge in [-0.05, 0) is 24.3 Å². The number of aromatic nitrogens is 1. The van der Waals surface area contributed by atoms with Crippen LogP contribution in [-0.4, -0.2) is 10.8 Å². The zero-order valence-corrected chi connectivity index (χ0v) is 9.78. The number of ketones is 1. The molecule has 18 heavy (non-hydrogen) atoms. The maximum absolute atomic E-state index is 13.7. The van der Waals surface area contributed by atoms with Crippen molar-refractivity contribution < 1.29 is 13.6 Å². The largest absolute Gasteiger partial charge is 0.294 e. The quantitative estimate of drug-likeness (QED) is 0.775. The van der Waals surface area contributed by atoms with Gasteiger partial charge in [0.2, 0.25) is 0 Å². The average molecular weight is 247 g/mol. The Bertz CT molecular complexity index is 559. The molecule has 0 spiro atoms. The molecule has 0 fully saturated rings.